The van der Waals surface area contributed by atoms with Gasteiger partial charge < -0.3 is 10.4 Å². The second-order valence-electron chi connectivity index (χ2n) is 5.09. The number of carbonyl (C=O) groups excluding carboxylic acids is 2. The summed E-state index contributed by atoms with van der Waals surface area (Å²) >= 11 is 2.75. The lowest BCUT2D eigenvalue weighted by Gasteiger charge is -2.49. The highest BCUT2D eigenvalue weighted by molar-refractivity contribution is 8.00. The van der Waals surface area contributed by atoms with Crippen molar-refractivity contribution in [2.45, 2.75) is 17.8 Å². The highest BCUT2D eigenvalue weighted by atomic mass is 32.2. The van der Waals surface area contributed by atoms with Crippen LogP contribution in [0.5, 0.6) is 0 Å². The fourth-order valence-electron chi connectivity index (χ4n) is 2.63. The minimum Gasteiger partial charge on any atom is -0.477 e. The molecule has 0 spiro atoms. The molecular formula is C15H14N2O4S2. The topological polar surface area (TPSA) is 86.7 Å². The maximum absolute atomic E-state index is 12.3. The first-order chi connectivity index (χ1) is 11.0. The first kappa shape index (κ1) is 15.8. The van der Waals surface area contributed by atoms with Gasteiger partial charge in [-0.25, -0.2) is 4.79 Å². The Hall–Kier alpha value is -2.06. The van der Waals surface area contributed by atoms with Gasteiger partial charge in [-0.15, -0.1) is 29.7 Å². The largest absolute Gasteiger partial charge is 0.477 e. The lowest BCUT2D eigenvalue weighted by atomic mass is 10.0. The van der Waals surface area contributed by atoms with Crippen LogP contribution in [-0.2, 0) is 9.59 Å². The molecule has 1 fully saturated rings. The molecule has 2 atom stereocenters. The van der Waals surface area contributed by atoms with Crippen LogP contribution in [0.1, 0.15) is 16.1 Å². The number of amides is 2. The number of fused-ring (bicyclic) bond motifs is 1. The van der Waals surface area contributed by atoms with E-state index in [1.807, 2.05) is 0 Å². The highest BCUT2D eigenvalue weighted by Gasteiger charge is 2.54. The molecule has 2 amide bonds. The first-order valence-corrected chi connectivity index (χ1v) is 8.82. The van der Waals surface area contributed by atoms with Gasteiger partial charge in [0.15, 0.2) is 0 Å². The Balaban J connectivity index is 1.79. The zero-order valence-corrected chi connectivity index (χ0v) is 13.7. The summed E-state index contributed by atoms with van der Waals surface area (Å²) in [7, 11) is 0. The zero-order valence-electron chi connectivity index (χ0n) is 12.0. The number of allylic oxidation sites excluding steroid dienone is 1. The zero-order chi connectivity index (χ0) is 16.6. The summed E-state index contributed by atoms with van der Waals surface area (Å²) in [6.07, 6.45) is 2.05. The number of nitrogens with one attached hydrogen (secondary N) is 1. The summed E-state index contributed by atoms with van der Waals surface area (Å²) < 4.78 is 0. The molecule has 3 heterocycles. The van der Waals surface area contributed by atoms with Gasteiger partial charge >= 0.3 is 5.97 Å². The van der Waals surface area contributed by atoms with Crippen molar-refractivity contribution in [1.29, 1.82) is 0 Å². The molecule has 0 bridgehead atoms. The minimum atomic E-state index is -1.12. The monoisotopic (exact) mass is 350 g/mol. The molecule has 1 unspecified atom stereocenters. The van der Waals surface area contributed by atoms with Gasteiger partial charge in [-0.2, -0.15) is 0 Å². The van der Waals surface area contributed by atoms with Gasteiger partial charge in [0.05, 0.1) is 4.88 Å². The van der Waals surface area contributed by atoms with Crippen LogP contribution in [0.2, 0.25) is 0 Å². The van der Waals surface area contributed by atoms with Crippen molar-refractivity contribution in [1.82, 2.24) is 10.2 Å². The molecule has 120 valence electrons. The van der Waals surface area contributed by atoms with Crippen molar-refractivity contribution in [3.05, 3.63) is 46.3 Å². The van der Waals surface area contributed by atoms with E-state index in [9.17, 15) is 19.5 Å². The van der Waals surface area contributed by atoms with Crippen LogP contribution in [-0.4, -0.2) is 45.0 Å². The number of carboxylic acid groups (broad SMARTS) is 1. The van der Waals surface area contributed by atoms with Crippen LogP contribution < -0.4 is 5.32 Å². The third-order valence-electron chi connectivity index (χ3n) is 3.67. The molecule has 8 heteroatoms. The Kier molecular flexibility index (Phi) is 4.27. The maximum atomic E-state index is 12.3. The molecule has 1 saturated heterocycles. The van der Waals surface area contributed by atoms with E-state index >= 15 is 0 Å². The Labute approximate surface area is 140 Å². The van der Waals surface area contributed by atoms with Crippen molar-refractivity contribution in [2.75, 3.05) is 5.75 Å². The van der Waals surface area contributed by atoms with Gasteiger partial charge in [-0.05, 0) is 23.4 Å². The molecular weight excluding hydrogens is 336 g/mol. The molecule has 0 aliphatic carbocycles. The van der Waals surface area contributed by atoms with Gasteiger partial charge in [-0.1, -0.05) is 12.1 Å². The standard InChI is InChI=1S/C15H14N2O4S2/c1-2-4-8-7-23-14-10(13(19)17(14)11(8)15(20)21)16-12(18)9-5-3-6-22-9/h2-3,5-6,10,14H,1,4,7H2,(H,16,18)(H,20,21)/t10-,14?/m1/s1. The van der Waals surface area contributed by atoms with Crippen molar-refractivity contribution in [3.63, 3.8) is 0 Å². The maximum Gasteiger partial charge on any atom is 0.352 e. The van der Waals surface area contributed by atoms with Crippen molar-refractivity contribution in [2.24, 2.45) is 0 Å². The van der Waals surface area contributed by atoms with Crippen LogP contribution in [0.25, 0.3) is 0 Å². The third-order valence-corrected chi connectivity index (χ3v) is 5.88. The summed E-state index contributed by atoms with van der Waals surface area (Å²) in [6.45, 7) is 3.62. The van der Waals surface area contributed by atoms with Crippen LogP contribution in [0.3, 0.4) is 0 Å². The van der Waals surface area contributed by atoms with Gasteiger partial charge in [0.25, 0.3) is 11.8 Å². The molecule has 2 aliphatic rings. The lowest BCUT2D eigenvalue weighted by Crippen LogP contribution is -2.70. The predicted octanol–water partition coefficient (Wildman–Crippen LogP) is 1.68. The number of carbonyl (C=O) groups is 3. The molecule has 0 aromatic carbocycles. The SMILES string of the molecule is C=CCC1=C(C(=O)O)N2C(=O)[C@@H](NC(=O)c3cccs3)C2SC1. The summed E-state index contributed by atoms with van der Waals surface area (Å²) in [5.74, 6) is -1.31. The van der Waals surface area contributed by atoms with Gasteiger partial charge in [0.1, 0.15) is 17.1 Å². The molecule has 23 heavy (non-hydrogen) atoms. The first-order valence-electron chi connectivity index (χ1n) is 6.90. The molecule has 3 rings (SSSR count). The quantitative estimate of drug-likeness (QED) is 0.623. The Morgan fingerprint density at radius 2 is 2.30 bits per heavy atom. The van der Waals surface area contributed by atoms with Gasteiger partial charge in [0, 0.05) is 5.75 Å². The Bertz CT molecular complexity index is 711. The van der Waals surface area contributed by atoms with E-state index in [1.165, 1.54) is 28.0 Å². The normalized spacial score (nSPS) is 23.1. The van der Waals surface area contributed by atoms with E-state index < -0.39 is 12.0 Å². The van der Waals surface area contributed by atoms with E-state index in [0.717, 1.165) is 0 Å². The average molecular weight is 350 g/mol. The number of hydrogen-bond acceptors (Lipinski definition) is 5. The fourth-order valence-corrected chi connectivity index (χ4v) is 4.62. The number of hydrogen-bond donors (Lipinski definition) is 2. The van der Waals surface area contributed by atoms with Gasteiger partial charge in [0.2, 0.25) is 0 Å². The molecule has 0 radical (unpaired) electrons. The summed E-state index contributed by atoms with van der Waals surface area (Å²) in [6, 6.07) is 2.75. The van der Waals surface area contributed by atoms with Crippen molar-refractivity contribution < 1.29 is 19.5 Å². The highest BCUT2D eigenvalue weighted by Crippen LogP contribution is 2.41. The number of aliphatic carboxylic acids is 1. The number of thioether (sulfide) groups is 1. The smallest absolute Gasteiger partial charge is 0.352 e. The number of carboxylic acids is 1. The van der Waals surface area contributed by atoms with Crippen molar-refractivity contribution in [3.8, 4) is 0 Å². The van der Waals surface area contributed by atoms with Crippen molar-refractivity contribution >= 4 is 40.9 Å². The summed E-state index contributed by atoms with van der Waals surface area (Å²) in [4.78, 5) is 37.7. The Morgan fingerprint density at radius 3 is 2.91 bits per heavy atom. The van der Waals surface area contributed by atoms with Crippen LogP contribution in [0, 0.1) is 0 Å². The molecule has 1 aromatic heterocycles. The van der Waals surface area contributed by atoms with Crippen LogP contribution in [0.15, 0.2) is 41.4 Å². The lowest BCUT2D eigenvalue weighted by molar-refractivity contribution is -0.148. The number of nitrogens with zero attached hydrogens (tertiary/aromatic N) is 1. The van der Waals surface area contributed by atoms with E-state index in [0.29, 0.717) is 22.6 Å². The van der Waals surface area contributed by atoms with Crippen LogP contribution in [0.4, 0.5) is 0 Å². The van der Waals surface area contributed by atoms with E-state index in [-0.39, 0.29) is 22.9 Å². The fraction of sp³-hybridized carbons (Fsp3) is 0.267. The molecule has 6 nitrogen and oxygen atoms in total. The van der Waals surface area contributed by atoms with E-state index in [2.05, 4.69) is 11.9 Å². The number of rotatable bonds is 5. The molecule has 2 aliphatic heterocycles. The third kappa shape index (κ3) is 2.68. The van der Waals surface area contributed by atoms with Crippen LogP contribution >= 0.6 is 23.1 Å². The second kappa shape index (κ2) is 6.21. The summed E-state index contributed by atoms with van der Waals surface area (Å²) in [5.41, 5.74) is 0.699. The summed E-state index contributed by atoms with van der Waals surface area (Å²) in [5, 5.41) is 13.5. The van der Waals surface area contributed by atoms with Gasteiger partial charge in [-0.3, -0.25) is 14.5 Å². The van der Waals surface area contributed by atoms with E-state index in [1.54, 1.807) is 23.6 Å². The molecule has 1 aromatic rings. The Morgan fingerprint density at radius 1 is 1.52 bits per heavy atom. The number of thiophene rings is 1. The predicted molar refractivity (Wildman–Crippen MR) is 88.1 cm³/mol. The van der Waals surface area contributed by atoms with E-state index in [4.69, 9.17) is 0 Å². The molecule has 0 saturated carbocycles. The second-order valence-corrected chi connectivity index (χ2v) is 7.14. The average Bonchev–Trinajstić information content (AvgIpc) is 3.06. The number of β-lactam (4-membered cyclic amide) rings is 1. The minimum absolute atomic E-state index is 0.0280. The molecule has 2 N–H and O–H groups in total.